The topological polar surface area (TPSA) is 71.1 Å². The summed E-state index contributed by atoms with van der Waals surface area (Å²) in [6.45, 7) is 1.45. The molecule has 1 saturated heterocycles. The number of halogens is 1. The van der Waals surface area contributed by atoms with Crippen LogP contribution in [0.3, 0.4) is 0 Å². The van der Waals surface area contributed by atoms with E-state index in [0.717, 1.165) is 25.5 Å². The van der Waals surface area contributed by atoms with Gasteiger partial charge in [0.1, 0.15) is 0 Å². The standard InChI is InChI=1S/C10H14FN3O2S/c11-9-4-2-6-13-10(9)17(15,16)14-8-3-1-5-12-7-8/h2,4,6,8,12,14H,1,3,5,7H2/t8-/m0/s1. The molecule has 2 heterocycles. The molecule has 1 aliphatic heterocycles. The van der Waals surface area contributed by atoms with E-state index in [9.17, 15) is 12.8 Å². The highest BCUT2D eigenvalue weighted by Gasteiger charge is 2.25. The van der Waals surface area contributed by atoms with E-state index in [0.29, 0.717) is 6.54 Å². The second-order valence-corrected chi connectivity index (χ2v) is 5.58. The summed E-state index contributed by atoms with van der Waals surface area (Å²) in [6.07, 6.45) is 2.91. The van der Waals surface area contributed by atoms with Gasteiger partial charge in [-0.05, 0) is 31.5 Å². The number of nitrogens with zero attached hydrogens (tertiary/aromatic N) is 1. The average Bonchev–Trinajstić information content (AvgIpc) is 2.30. The van der Waals surface area contributed by atoms with Gasteiger partial charge in [0.25, 0.3) is 10.0 Å². The summed E-state index contributed by atoms with van der Waals surface area (Å²) in [5, 5.41) is 2.55. The maximum absolute atomic E-state index is 13.3. The number of hydrogen-bond donors (Lipinski definition) is 2. The number of aromatic nitrogens is 1. The Balaban J connectivity index is 2.16. The van der Waals surface area contributed by atoms with Gasteiger partial charge in [-0.3, -0.25) is 0 Å². The van der Waals surface area contributed by atoms with E-state index in [1.807, 2.05) is 0 Å². The highest BCUT2D eigenvalue weighted by atomic mass is 32.2. The summed E-state index contributed by atoms with van der Waals surface area (Å²) in [6, 6.07) is 2.24. The van der Waals surface area contributed by atoms with Gasteiger partial charge in [0.05, 0.1) is 0 Å². The molecule has 17 heavy (non-hydrogen) atoms. The van der Waals surface area contributed by atoms with Crippen LogP contribution in [-0.4, -0.2) is 32.5 Å². The van der Waals surface area contributed by atoms with E-state index in [2.05, 4.69) is 15.0 Å². The van der Waals surface area contributed by atoms with Crippen molar-refractivity contribution in [1.29, 1.82) is 0 Å². The number of nitrogens with one attached hydrogen (secondary N) is 2. The fraction of sp³-hybridized carbons (Fsp3) is 0.500. The fourth-order valence-corrected chi connectivity index (χ4v) is 3.07. The molecular formula is C10H14FN3O2S. The van der Waals surface area contributed by atoms with E-state index in [-0.39, 0.29) is 6.04 Å². The van der Waals surface area contributed by atoms with Crippen LogP contribution in [-0.2, 0) is 10.0 Å². The number of sulfonamides is 1. The van der Waals surface area contributed by atoms with Gasteiger partial charge in [-0.25, -0.2) is 22.5 Å². The van der Waals surface area contributed by atoms with E-state index in [1.54, 1.807) is 0 Å². The van der Waals surface area contributed by atoms with Crippen LogP contribution in [0.1, 0.15) is 12.8 Å². The highest BCUT2D eigenvalue weighted by molar-refractivity contribution is 7.89. The molecule has 5 nitrogen and oxygen atoms in total. The lowest BCUT2D eigenvalue weighted by Crippen LogP contribution is -2.45. The molecule has 1 aliphatic rings. The molecule has 0 spiro atoms. The van der Waals surface area contributed by atoms with Crippen LogP contribution >= 0.6 is 0 Å². The molecule has 1 fully saturated rings. The minimum absolute atomic E-state index is 0.199. The number of hydrogen-bond acceptors (Lipinski definition) is 4. The minimum Gasteiger partial charge on any atom is -0.315 e. The highest BCUT2D eigenvalue weighted by Crippen LogP contribution is 2.12. The molecule has 0 saturated carbocycles. The molecule has 0 aromatic carbocycles. The Bertz CT molecular complexity index is 486. The van der Waals surface area contributed by atoms with Crippen LogP contribution in [0.2, 0.25) is 0 Å². The lowest BCUT2D eigenvalue weighted by molar-refractivity contribution is 0.426. The van der Waals surface area contributed by atoms with Crippen LogP contribution < -0.4 is 10.0 Å². The third kappa shape index (κ3) is 2.99. The maximum Gasteiger partial charge on any atom is 0.261 e. The van der Waals surface area contributed by atoms with Crippen molar-refractivity contribution in [2.75, 3.05) is 13.1 Å². The summed E-state index contributed by atoms with van der Waals surface area (Å²) in [5.41, 5.74) is 0. The Kier molecular flexibility index (Phi) is 3.70. The van der Waals surface area contributed by atoms with Crippen LogP contribution in [0.15, 0.2) is 23.4 Å². The zero-order valence-corrected chi connectivity index (χ0v) is 10.0. The first-order valence-electron chi connectivity index (χ1n) is 5.43. The Morgan fingerprint density at radius 3 is 3.00 bits per heavy atom. The second kappa shape index (κ2) is 5.07. The van der Waals surface area contributed by atoms with Crippen molar-refractivity contribution in [1.82, 2.24) is 15.0 Å². The van der Waals surface area contributed by atoms with Crippen LogP contribution in [0, 0.1) is 5.82 Å². The van der Waals surface area contributed by atoms with Crippen LogP contribution in [0.4, 0.5) is 4.39 Å². The minimum atomic E-state index is -3.87. The van der Waals surface area contributed by atoms with E-state index in [4.69, 9.17) is 0 Å². The fourth-order valence-electron chi connectivity index (χ4n) is 1.80. The normalized spacial score (nSPS) is 21.4. The van der Waals surface area contributed by atoms with Gasteiger partial charge in [-0.2, -0.15) is 0 Å². The van der Waals surface area contributed by atoms with Gasteiger partial charge in [-0.15, -0.1) is 0 Å². The van der Waals surface area contributed by atoms with E-state index >= 15 is 0 Å². The first-order valence-corrected chi connectivity index (χ1v) is 6.91. The van der Waals surface area contributed by atoms with E-state index in [1.165, 1.54) is 12.3 Å². The van der Waals surface area contributed by atoms with Crippen molar-refractivity contribution in [2.24, 2.45) is 0 Å². The molecule has 2 rings (SSSR count). The van der Waals surface area contributed by atoms with Crippen molar-refractivity contribution >= 4 is 10.0 Å². The summed E-state index contributed by atoms with van der Waals surface area (Å²) in [4.78, 5) is 3.57. The monoisotopic (exact) mass is 259 g/mol. The number of pyridine rings is 1. The smallest absolute Gasteiger partial charge is 0.261 e. The first kappa shape index (κ1) is 12.4. The van der Waals surface area contributed by atoms with Crippen molar-refractivity contribution in [3.05, 3.63) is 24.1 Å². The third-order valence-corrected chi connectivity index (χ3v) is 4.05. The molecule has 94 valence electrons. The van der Waals surface area contributed by atoms with Gasteiger partial charge in [0.15, 0.2) is 5.82 Å². The molecule has 0 unspecified atom stereocenters. The molecular weight excluding hydrogens is 245 g/mol. The maximum atomic E-state index is 13.3. The molecule has 1 aromatic heterocycles. The predicted octanol–water partition coefficient (Wildman–Crippen LogP) is 0.251. The molecule has 7 heteroatoms. The van der Waals surface area contributed by atoms with Crippen molar-refractivity contribution < 1.29 is 12.8 Å². The van der Waals surface area contributed by atoms with Gasteiger partial charge in [0.2, 0.25) is 5.03 Å². The molecule has 1 aromatic rings. The largest absolute Gasteiger partial charge is 0.315 e. The Hall–Kier alpha value is -1.05. The molecule has 1 atom stereocenters. The number of piperidine rings is 1. The Labute approximate surface area is 99.5 Å². The zero-order chi connectivity index (χ0) is 12.3. The summed E-state index contributed by atoms with van der Waals surface area (Å²) in [7, 11) is -3.87. The lowest BCUT2D eigenvalue weighted by Gasteiger charge is -2.23. The summed E-state index contributed by atoms with van der Waals surface area (Å²) in [5.74, 6) is -0.830. The lowest BCUT2D eigenvalue weighted by atomic mass is 10.1. The van der Waals surface area contributed by atoms with Gasteiger partial charge < -0.3 is 5.32 Å². The van der Waals surface area contributed by atoms with Crippen LogP contribution in [0.25, 0.3) is 0 Å². The molecule has 2 N–H and O–H groups in total. The van der Waals surface area contributed by atoms with Crippen molar-refractivity contribution in [3.63, 3.8) is 0 Å². The van der Waals surface area contributed by atoms with Gasteiger partial charge >= 0.3 is 0 Å². The van der Waals surface area contributed by atoms with E-state index < -0.39 is 20.9 Å². The van der Waals surface area contributed by atoms with Crippen molar-refractivity contribution in [2.45, 2.75) is 23.9 Å². The molecule has 0 radical (unpaired) electrons. The first-order chi connectivity index (χ1) is 8.09. The quantitative estimate of drug-likeness (QED) is 0.816. The van der Waals surface area contributed by atoms with Crippen molar-refractivity contribution in [3.8, 4) is 0 Å². The zero-order valence-electron chi connectivity index (χ0n) is 9.19. The predicted molar refractivity (Wildman–Crippen MR) is 60.4 cm³/mol. The van der Waals surface area contributed by atoms with Crippen LogP contribution in [0.5, 0.6) is 0 Å². The molecule has 0 aliphatic carbocycles. The van der Waals surface area contributed by atoms with Gasteiger partial charge in [0, 0.05) is 18.8 Å². The number of rotatable bonds is 3. The Morgan fingerprint density at radius 1 is 1.53 bits per heavy atom. The molecule has 0 bridgehead atoms. The van der Waals surface area contributed by atoms with Gasteiger partial charge in [-0.1, -0.05) is 0 Å². The average molecular weight is 259 g/mol. The Morgan fingerprint density at radius 2 is 2.35 bits per heavy atom. The molecule has 0 amide bonds. The second-order valence-electron chi connectivity index (χ2n) is 3.95. The third-order valence-electron chi connectivity index (χ3n) is 2.60. The summed E-state index contributed by atoms with van der Waals surface area (Å²) < 4.78 is 39.6. The summed E-state index contributed by atoms with van der Waals surface area (Å²) >= 11 is 0. The SMILES string of the molecule is O=S(=O)(N[C@H]1CCCNC1)c1ncccc1F.